The van der Waals surface area contributed by atoms with Crippen molar-refractivity contribution in [1.29, 1.82) is 0 Å². The summed E-state index contributed by atoms with van der Waals surface area (Å²) in [6.45, 7) is 7.26. The highest BCUT2D eigenvalue weighted by Crippen LogP contribution is 2.34. The van der Waals surface area contributed by atoms with Gasteiger partial charge in [0.05, 0.1) is 6.61 Å². The predicted molar refractivity (Wildman–Crippen MR) is 45.9 cm³/mol. The second-order valence-corrected chi connectivity index (χ2v) is 2.90. The zero-order chi connectivity index (χ0) is 9.90. The van der Waals surface area contributed by atoms with Crippen molar-refractivity contribution >= 4 is 5.97 Å². The van der Waals surface area contributed by atoms with Gasteiger partial charge in [-0.15, -0.1) is 13.2 Å². The van der Waals surface area contributed by atoms with Gasteiger partial charge < -0.3 is 5.11 Å². The van der Waals surface area contributed by atoms with Crippen molar-refractivity contribution in [1.82, 2.24) is 0 Å². The Morgan fingerprint density at radius 3 is 2.85 bits per heavy atom. The first-order valence-electron chi connectivity index (χ1n) is 3.95. The lowest BCUT2D eigenvalue weighted by molar-refractivity contribution is -0.304. The minimum absolute atomic E-state index is 0.207. The van der Waals surface area contributed by atoms with E-state index in [9.17, 15) is 4.79 Å². The average molecular weight is 184 g/mol. The van der Waals surface area contributed by atoms with Crippen LogP contribution in [0, 0.1) is 5.92 Å². The highest BCUT2D eigenvalue weighted by Gasteiger charge is 2.51. The normalized spacial score (nSPS) is 32.8. The first kappa shape index (κ1) is 9.95. The van der Waals surface area contributed by atoms with Crippen LogP contribution in [-0.2, 0) is 14.6 Å². The van der Waals surface area contributed by atoms with Crippen LogP contribution in [-0.4, -0.2) is 23.3 Å². The summed E-state index contributed by atoms with van der Waals surface area (Å²) in [5.41, 5.74) is -1.33. The van der Waals surface area contributed by atoms with Crippen LogP contribution in [0.25, 0.3) is 0 Å². The Labute approximate surface area is 76.4 Å². The van der Waals surface area contributed by atoms with Gasteiger partial charge in [-0.05, 0) is 0 Å². The SMILES string of the molecule is C=CCC1(C(=O)O)OOCC1C=C. The Morgan fingerprint density at radius 2 is 2.38 bits per heavy atom. The van der Waals surface area contributed by atoms with Crippen LogP contribution in [0.5, 0.6) is 0 Å². The summed E-state index contributed by atoms with van der Waals surface area (Å²) in [7, 11) is 0. The second kappa shape index (κ2) is 3.72. The van der Waals surface area contributed by atoms with E-state index in [1.54, 1.807) is 0 Å². The van der Waals surface area contributed by atoms with Gasteiger partial charge in [0, 0.05) is 12.3 Å². The molecule has 1 aliphatic rings. The number of rotatable bonds is 4. The highest BCUT2D eigenvalue weighted by molar-refractivity contribution is 5.78. The first-order chi connectivity index (χ1) is 6.17. The van der Waals surface area contributed by atoms with E-state index in [4.69, 9.17) is 9.99 Å². The molecule has 1 fully saturated rings. The zero-order valence-electron chi connectivity index (χ0n) is 7.23. The van der Waals surface area contributed by atoms with Gasteiger partial charge >= 0.3 is 5.97 Å². The molecular formula is C9H12O4. The van der Waals surface area contributed by atoms with Crippen LogP contribution < -0.4 is 0 Å². The molecule has 0 aromatic heterocycles. The van der Waals surface area contributed by atoms with Crippen molar-refractivity contribution in [3.05, 3.63) is 25.3 Å². The van der Waals surface area contributed by atoms with Crippen molar-refractivity contribution < 1.29 is 19.7 Å². The molecule has 0 aromatic carbocycles. The summed E-state index contributed by atoms with van der Waals surface area (Å²) in [5, 5.41) is 9.00. The first-order valence-corrected chi connectivity index (χ1v) is 3.95. The molecule has 4 heteroatoms. The number of carboxylic acids is 1. The van der Waals surface area contributed by atoms with Gasteiger partial charge in [-0.3, -0.25) is 0 Å². The lowest BCUT2D eigenvalue weighted by atomic mass is 9.85. The molecule has 1 rings (SSSR count). The fraction of sp³-hybridized carbons (Fsp3) is 0.444. The van der Waals surface area contributed by atoms with Gasteiger partial charge in [0.25, 0.3) is 0 Å². The Bertz CT molecular complexity index is 236. The number of hydrogen-bond acceptors (Lipinski definition) is 3. The standard InChI is InChI=1S/C9H12O4/c1-3-5-9(8(10)11)7(4-2)6-12-13-9/h3-4,7H,1-2,5-6H2,(H,10,11). The van der Waals surface area contributed by atoms with Crippen molar-refractivity contribution in [2.75, 3.05) is 6.61 Å². The van der Waals surface area contributed by atoms with E-state index in [1.165, 1.54) is 12.2 Å². The van der Waals surface area contributed by atoms with Crippen molar-refractivity contribution in [2.45, 2.75) is 12.0 Å². The number of hydrogen-bond donors (Lipinski definition) is 1. The van der Waals surface area contributed by atoms with Gasteiger partial charge in [0.15, 0.2) is 0 Å². The van der Waals surface area contributed by atoms with Gasteiger partial charge in [-0.1, -0.05) is 12.2 Å². The molecule has 72 valence electrons. The average Bonchev–Trinajstić information content (AvgIpc) is 2.49. The zero-order valence-corrected chi connectivity index (χ0v) is 7.23. The van der Waals surface area contributed by atoms with Crippen LogP contribution in [0.3, 0.4) is 0 Å². The molecule has 0 amide bonds. The van der Waals surface area contributed by atoms with Gasteiger partial charge in [0.1, 0.15) is 0 Å². The van der Waals surface area contributed by atoms with Gasteiger partial charge in [0.2, 0.25) is 5.60 Å². The summed E-state index contributed by atoms with van der Waals surface area (Å²) in [6, 6.07) is 0. The third kappa shape index (κ3) is 1.50. The molecule has 0 saturated carbocycles. The maximum absolute atomic E-state index is 11.0. The van der Waals surface area contributed by atoms with E-state index in [0.717, 1.165) is 0 Å². The topological polar surface area (TPSA) is 55.8 Å². The summed E-state index contributed by atoms with van der Waals surface area (Å²) in [5.74, 6) is -1.38. The second-order valence-electron chi connectivity index (χ2n) is 2.90. The Hall–Kier alpha value is -1.13. The molecule has 2 unspecified atom stereocenters. The molecule has 0 spiro atoms. The molecule has 0 aliphatic carbocycles. The van der Waals surface area contributed by atoms with Crippen molar-refractivity contribution in [3.63, 3.8) is 0 Å². The van der Waals surface area contributed by atoms with E-state index < -0.39 is 11.6 Å². The van der Waals surface area contributed by atoms with Crippen LogP contribution in [0.2, 0.25) is 0 Å². The van der Waals surface area contributed by atoms with Crippen molar-refractivity contribution in [3.8, 4) is 0 Å². The Kier molecular flexibility index (Phi) is 2.85. The molecule has 0 radical (unpaired) electrons. The number of carboxylic acid groups (broad SMARTS) is 1. The van der Waals surface area contributed by atoms with E-state index >= 15 is 0 Å². The molecule has 13 heavy (non-hydrogen) atoms. The van der Waals surface area contributed by atoms with Crippen LogP contribution in [0.15, 0.2) is 25.3 Å². The fourth-order valence-electron chi connectivity index (χ4n) is 1.35. The molecule has 1 aliphatic heterocycles. The van der Waals surface area contributed by atoms with Crippen LogP contribution in [0.4, 0.5) is 0 Å². The predicted octanol–water partition coefficient (Wildman–Crippen LogP) is 1.15. The lowest BCUT2D eigenvalue weighted by Gasteiger charge is -2.23. The number of carbonyl (C=O) groups is 1. The molecular weight excluding hydrogens is 172 g/mol. The largest absolute Gasteiger partial charge is 0.479 e. The van der Waals surface area contributed by atoms with Crippen LogP contribution in [0.1, 0.15) is 6.42 Å². The quantitative estimate of drug-likeness (QED) is 0.526. The fourth-order valence-corrected chi connectivity index (χ4v) is 1.35. The maximum atomic E-state index is 11.0. The summed E-state index contributed by atoms with van der Waals surface area (Å²) >= 11 is 0. The van der Waals surface area contributed by atoms with E-state index in [0.29, 0.717) is 0 Å². The lowest BCUT2D eigenvalue weighted by Crippen LogP contribution is -2.43. The summed E-state index contributed by atoms with van der Waals surface area (Å²) < 4.78 is 0. The molecule has 1 heterocycles. The van der Waals surface area contributed by atoms with Crippen molar-refractivity contribution in [2.24, 2.45) is 5.92 Å². The van der Waals surface area contributed by atoms with Gasteiger partial charge in [-0.25, -0.2) is 14.6 Å². The molecule has 0 bridgehead atoms. The molecule has 4 nitrogen and oxygen atoms in total. The summed E-state index contributed by atoms with van der Waals surface area (Å²) in [6.07, 6.45) is 3.24. The van der Waals surface area contributed by atoms with Gasteiger partial charge in [-0.2, -0.15) is 0 Å². The Morgan fingerprint density at radius 1 is 1.69 bits per heavy atom. The molecule has 1 saturated heterocycles. The summed E-state index contributed by atoms with van der Waals surface area (Å²) in [4.78, 5) is 20.5. The monoisotopic (exact) mass is 184 g/mol. The minimum atomic E-state index is -1.33. The van der Waals surface area contributed by atoms with E-state index in [1.807, 2.05) is 0 Å². The smallest absolute Gasteiger partial charge is 0.340 e. The molecule has 2 atom stereocenters. The Balaban J connectivity index is 2.93. The number of aliphatic carboxylic acids is 1. The molecule has 0 aromatic rings. The highest BCUT2D eigenvalue weighted by atomic mass is 17.2. The maximum Gasteiger partial charge on any atom is 0.340 e. The van der Waals surface area contributed by atoms with E-state index in [2.05, 4.69) is 18.0 Å². The third-order valence-corrected chi connectivity index (χ3v) is 2.15. The van der Waals surface area contributed by atoms with E-state index in [-0.39, 0.29) is 18.9 Å². The van der Waals surface area contributed by atoms with Crippen LogP contribution >= 0.6 is 0 Å². The molecule has 1 N–H and O–H groups in total. The minimum Gasteiger partial charge on any atom is -0.479 e. The third-order valence-electron chi connectivity index (χ3n) is 2.15.